The first-order chi connectivity index (χ1) is 17.8. The minimum absolute atomic E-state index is 0.316. The van der Waals surface area contributed by atoms with Crippen LogP contribution in [0.5, 0.6) is 0 Å². The van der Waals surface area contributed by atoms with E-state index in [1.807, 2.05) is 39.0 Å². The summed E-state index contributed by atoms with van der Waals surface area (Å²) in [4.78, 5) is 24.2. The average Bonchev–Trinajstić information content (AvgIpc) is 3.60. The molecule has 0 bridgehead atoms. The highest BCUT2D eigenvalue weighted by atomic mass is 32.1. The van der Waals surface area contributed by atoms with Gasteiger partial charge < -0.3 is 15.4 Å². The molecule has 0 saturated heterocycles. The summed E-state index contributed by atoms with van der Waals surface area (Å²) in [7, 11) is 0. The number of aromatic nitrogens is 7. The molecule has 186 valence electrons. The highest BCUT2D eigenvalue weighted by Crippen LogP contribution is 2.34. The lowest BCUT2D eigenvalue weighted by Crippen LogP contribution is -2.33. The van der Waals surface area contributed by atoms with E-state index in [0.29, 0.717) is 11.5 Å². The Hall–Kier alpha value is -4.15. The van der Waals surface area contributed by atoms with Gasteiger partial charge in [-0.3, -0.25) is 20.1 Å². The Morgan fingerprint density at radius 2 is 1.86 bits per heavy atom. The first kappa shape index (κ1) is 23.3. The Kier molecular flexibility index (Phi) is 5.50. The van der Waals surface area contributed by atoms with Crippen LogP contribution in [0.2, 0.25) is 0 Å². The van der Waals surface area contributed by atoms with Crippen molar-refractivity contribution in [1.29, 1.82) is 0 Å². The molecule has 6 aromatic rings. The van der Waals surface area contributed by atoms with Crippen molar-refractivity contribution in [2.45, 2.75) is 33.9 Å². The number of nitrogens with zero attached hydrogens (tertiary/aromatic N) is 5. The van der Waals surface area contributed by atoms with E-state index in [9.17, 15) is 5.11 Å². The summed E-state index contributed by atoms with van der Waals surface area (Å²) in [5.74, 6) is 0.655. The van der Waals surface area contributed by atoms with Gasteiger partial charge in [0.15, 0.2) is 5.82 Å². The van der Waals surface area contributed by atoms with Crippen molar-refractivity contribution in [2.75, 3.05) is 5.32 Å². The summed E-state index contributed by atoms with van der Waals surface area (Å²) in [6, 6.07) is 10.00. The molecule has 0 saturated carbocycles. The van der Waals surface area contributed by atoms with Gasteiger partial charge in [0.25, 0.3) is 0 Å². The fraction of sp³-hybridized carbons (Fsp3) is 0.222. The number of rotatable bonds is 5. The van der Waals surface area contributed by atoms with E-state index in [1.54, 1.807) is 36.1 Å². The third-order valence-corrected chi connectivity index (χ3v) is 7.21. The van der Waals surface area contributed by atoms with E-state index < -0.39 is 6.23 Å². The zero-order chi connectivity index (χ0) is 25.7. The molecule has 6 heterocycles. The lowest BCUT2D eigenvalue weighted by atomic mass is 9.94. The second-order valence-corrected chi connectivity index (χ2v) is 11.4. The summed E-state index contributed by atoms with van der Waals surface area (Å²) in [6.45, 7) is 7.99. The summed E-state index contributed by atoms with van der Waals surface area (Å²) in [6.07, 6.45) is 6.28. The highest BCUT2D eigenvalue weighted by molar-refractivity contribution is 7.15. The molecule has 0 aliphatic heterocycles. The molecule has 0 aromatic carbocycles. The average molecular weight is 511 g/mol. The molecule has 6 rings (SSSR count). The number of anilines is 1. The molecule has 0 aliphatic rings. The van der Waals surface area contributed by atoms with E-state index in [0.717, 1.165) is 49.5 Å². The molecular weight excluding hydrogens is 484 g/mol. The zero-order valence-electron chi connectivity index (χ0n) is 20.9. The molecule has 0 fully saturated rings. The van der Waals surface area contributed by atoms with E-state index in [-0.39, 0.29) is 5.41 Å². The SMILES string of the molecule is Cc1ccc(-c2nccc3[nH]c(-c4n[nH]c5cnc(-c6cncc(NC(O)C(C)(C)C)c6)cc45)nc23)s1. The normalized spacial score (nSPS) is 12.9. The van der Waals surface area contributed by atoms with Gasteiger partial charge in [-0.1, -0.05) is 20.8 Å². The smallest absolute Gasteiger partial charge is 0.159 e. The number of aromatic amines is 2. The van der Waals surface area contributed by atoms with Crippen LogP contribution in [-0.2, 0) is 0 Å². The molecule has 0 spiro atoms. The van der Waals surface area contributed by atoms with Gasteiger partial charge in [-0.05, 0) is 37.3 Å². The van der Waals surface area contributed by atoms with Crippen LogP contribution >= 0.6 is 11.3 Å². The summed E-state index contributed by atoms with van der Waals surface area (Å²) in [5.41, 5.74) is 6.03. The second kappa shape index (κ2) is 8.75. The van der Waals surface area contributed by atoms with Crippen molar-refractivity contribution >= 4 is 39.0 Å². The topological polar surface area (TPSA) is 128 Å². The maximum absolute atomic E-state index is 10.4. The fourth-order valence-corrected chi connectivity index (χ4v) is 4.94. The van der Waals surface area contributed by atoms with Crippen molar-refractivity contribution in [1.82, 2.24) is 35.1 Å². The van der Waals surface area contributed by atoms with Crippen LogP contribution in [0, 0.1) is 12.3 Å². The summed E-state index contributed by atoms with van der Waals surface area (Å²) >= 11 is 1.70. The van der Waals surface area contributed by atoms with E-state index in [4.69, 9.17) is 4.98 Å². The van der Waals surface area contributed by atoms with Crippen LogP contribution in [-0.4, -0.2) is 46.5 Å². The van der Waals surface area contributed by atoms with Gasteiger partial charge in [0.2, 0.25) is 0 Å². The summed E-state index contributed by atoms with van der Waals surface area (Å²) < 4.78 is 0. The Morgan fingerprint density at radius 3 is 2.65 bits per heavy atom. The van der Waals surface area contributed by atoms with Crippen LogP contribution in [0.15, 0.2) is 55.1 Å². The Bertz CT molecular complexity index is 1740. The number of pyridine rings is 3. The molecular formula is C27H26N8OS. The minimum atomic E-state index is -0.717. The molecule has 9 nitrogen and oxygen atoms in total. The van der Waals surface area contributed by atoms with Gasteiger partial charge in [-0.15, -0.1) is 11.3 Å². The van der Waals surface area contributed by atoms with Crippen LogP contribution in [0.3, 0.4) is 0 Å². The third-order valence-electron chi connectivity index (χ3n) is 6.20. The predicted octanol–water partition coefficient (Wildman–Crippen LogP) is 5.77. The number of hydrogen-bond donors (Lipinski definition) is 4. The lowest BCUT2D eigenvalue weighted by molar-refractivity contribution is 0.0880. The molecule has 1 atom stereocenters. The van der Waals surface area contributed by atoms with E-state index in [2.05, 4.69) is 54.5 Å². The standard InChI is InChI=1S/C27H26N8OS/c1-14-5-6-21(37-14)24-23-18(7-8-29-24)32-25(33-23)22-17-10-19(30-13-20(17)34-35-22)15-9-16(12-28-11-15)31-26(36)27(2,3)4/h5-13,26,31,36H,1-4H3,(H,32,33)(H,34,35). The van der Waals surface area contributed by atoms with E-state index >= 15 is 0 Å². The van der Waals surface area contributed by atoms with Crippen LogP contribution in [0.1, 0.15) is 25.6 Å². The van der Waals surface area contributed by atoms with Crippen molar-refractivity contribution in [3.8, 4) is 33.3 Å². The van der Waals surface area contributed by atoms with Gasteiger partial charge >= 0.3 is 0 Å². The summed E-state index contributed by atoms with van der Waals surface area (Å²) in [5, 5.41) is 22.1. The van der Waals surface area contributed by atoms with Gasteiger partial charge in [0, 0.05) is 33.6 Å². The molecule has 1 unspecified atom stereocenters. The second-order valence-electron chi connectivity index (χ2n) is 10.1. The Labute approximate surface area is 217 Å². The van der Waals surface area contributed by atoms with Crippen molar-refractivity contribution < 1.29 is 5.11 Å². The number of nitrogens with one attached hydrogen (secondary N) is 3. The van der Waals surface area contributed by atoms with Gasteiger partial charge in [0.05, 0.1) is 39.7 Å². The molecule has 6 aromatic heterocycles. The number of aryl methyl sites for hydroxylation is 1. The minimum Gasteiger partial charge on any atom is -0.373 e. The number of H-pyrrole nitrogens is 2. The Morgan fingerprint density at radius 1 is 1.00 bits per heavy atom. The molecule has 4 N–H and O–H groups in total. The monoisotopic (exact) mass is 510 g/mol. The van der Waals surface area contributed by atoms with Gasteiger partial charge in [-0.2, -0.15) is 5.10 Å². The quantitative estimate of drug-likeness (QED) is 0.217. The first-order valence-corrected chi connectivity index (χ1v) is 12.7. The van der Waals surface area contributed by atoms with Crippen molar-refractivity contribution in [3.63, 3.8) is 0 Å². The van der Waals surface area contributed by atoms with Gasteiger partial charge in [0.1, 0.15) is 23.1 Å². The number of aliphatic hydroxyl groups excluding tert-OH is 1. The number of fused-ring (bicyclic) bond motifs is 2. The fourth-order valence-electron chi connectivity index (χ4n) is 4.08. The van der Waals surface area contributed by atoms with Crippen molar-refractivity contribution in [3.05, 3.63) is 60.0 Å². The highest BCUT2D eigenvalue weighted by Gasteiger charge is 2.22. The lowest BCUT2D eigenvalue weighted by Gasteiger charge is -2.27. The van der Waals surface area contributed by atoms with E-state index in [1.165, 1.54) is 4.88 Å². The molecule has 0 radical (unpaired) electrons. The largest absolute Gasteiger partial charge is 0.373 e. The molecule has 37 heavy (non-hydrogen) atoms. The maximum Gasteiger partial charge on any atom is 0.159 e. The van der Waals surface area contributed by atoms with Crippen LogP contribution in [0.4, 0.5) is 5.69 Å². The first-order valence-electron chi connectivity index (χ1n) is 11.9. The number of imidazole rings is 1. The number of thiophene rings is 1. The maximum atomic E-state index is 10.4. The number of hydrogen-bond acceptors (Lipinski definition) is 8. The molecule has 10 heteroatoms. The third kappa shape index (κ3) is 4.34. The van der Waals surface area contributed by atoms with Gasteiger partial charge in [-0.25, -0.2) is 4.98 Å². The molecule has 0 amide bonds. The Balaban J connectivity index is 1.39. The van der Waals surface area contributed by atoms with Crippen molar-refractivity contribution in [2.24, 2.45) is 5.41 Å². The molecule has 0 aliphatic carbocycles. The van der Waals surface area contributed by atoms with Crippen LogP contribution < -0.4 is 5.32 Å². The van der Waals surface area contributed by atoms with Crippen LogP contribution in [0.25, 0.3) is 55.3 Å². The predicted molar refractivity (Wildman–Crippen MR) is 147 cm³/mol. The zero-order valence-corrected chi connectivity index (χ0v) is 21.7. The number of aliphatic hydroxyl groups is 1.